The number of aliphatic hydroxyl groups excluding tert-OH is 1. The van der Waals surface area contributed by atoms with Crippen LogP contribution in [0.15, 0.2) is 22.7 Å². The second-order valence-electron chi connectivity index (χ2n) is 4.33. The number of aliphatic hydroxyl groups is 1. The highest BCUT2D eigenvalue weighted by Gasteiger charge is 2.41. The van der Waals surface area contributed by atoms with Gasteiger partial charge in [0.15, 0.2) is 0 Å². The van der Waals surface area contributed by atoms with Crippen molar-refractivity contribution in [2.75, 3.05) is 6.61 Å². The van der Waals surface area contributed by atoms with Gasteiger partial charge in [-0.25, -0.2) is 0 Å². The summed E-state index contributed by atoms with van der Waals surface area (Å²) in [5.74, 6) is 0. The molecule has 2 N–H and O–H groups in total. The summed E-state index contributed by atoms with van der Waals surface area (Å²) in [5, 5.41) is 23.1. The zero-order valence-corrected chi connectivity index (χ0v) is 10.7. The molecule has 0 atom stereocenters. The average Bonchev–Trinajstić information content (AvgIpc) is 3.08. The van der Waals surface area contributed by atoms with Gasteiger partial charge in [0.2, 0.25) is 0 Å². The fourth-order valence-electron chi connectivity index (χ4n) is 1.64. The van der Waals surface area contributed by atoms with E-state index in [1.165, 1.54) is 0 Å². The van der Waals surface area contributed by atoms with E-state index in [0.29, 0.717) is 11.0 Å². The highest BCUT2D eigenvalue weighted by molar-refractivity contribution is 9.10. The molecule has 5 nitrogen and oxygen atoms in total. The summed E-state index contributed by atoms with van der Waals surface area (Å²) in [6.07, 6.45) is 1.92. The fourth-order valence-corrected chi connectivity index (χ4v) is 2.03. The maximum absolute atomic E-state index is 10.8. The molecule has 6 heteroatoms. The predicted octanol–water partition coefficient (Wildman–Crippen LogP) is 1.97. The molecule has 1 aliphatic rings. The molecule has 0 bridgehead atoms. The number of nitro groups is 1. The smallest absolute Gasteiger partial charge is 0.283 e. The molecular weight excluding hydrogens is 288 g/mol. The van der Waals surface area contributed by atoms with Crippen LogP contribution in [0, 0.1) is 10.1 Å². The molecule has 1 fully saturated rings. The van der Waals surface area contributed by atoms with Crippen molar-refractivity contribution in [3.8, 4) is 0 Å². The van der Waals surface area contributed by atoms with E-state index in [-0.39, 0.29) is 17.8 Å². The van der Waals surface area contributed by atoms with Gasteiger partial charge in [0.25, 0.3) is 5.69 Å². The minimum Gasteiger partial charge on any atom is -0.394 e. The summed E-state index contributed by atoms with van der Waals surface area (Å²) in [6.45, 7) is 0.653. The van der Waals surface area contributed by atoms with Crippen molar-refractivity contribution in [1.82, 2.24) is 5.32 Å². The topological polar surface area (TPSA) is 75.4 Å². The molecule has 0 unspecified atom stereocenters. The normalized spacial score (nSPS) is 16.8. The van der Waals surface area contributed by atoms with Crippen LogP contribution in [0.4, 0.5) is 5.69 Å². The molecule has 2 rings (SSSR count). The van der Waals surface area contributed by atoms with Gasteiger partial charge in [-0.3, -0.25) is 10.1 Å². The van der Waals surface area contributed by atoms with Crippen LogP contribution in [-0.4, -0.2) is 22.2 Å². The lowest BCUT2D eigenvalue weighted by Gasteiger charge is -2.14. The summed E-state index contributed by atoms with van der Waals surface area (Å²) in [6, 6.07) is 5.05. The van der Waals surface area contributed by atoms with E-state index in [0.717, 1.165) is 18.4 Å². The van der Waals surface area contributed by atoms with Crippen molar-refractivity contribution in [3.63, 3.8) is 0 Å². The van der Waals surface area contributed by atoms with Gasteiger partial charge in [-0.2, -0.15) is 0 Å². The number of hydrogen-bond acceptors (Lipinski definition) is 4. The van der Waals surface area contributed by atoms with Gasteiger partial charge in [0.1, 0.15) is 0 Å². The third kappa shape index (κ3) is 2.83. The van der Waals surface area contributed by atoms with E-state index in [4.69, 9.17) is 5.11 Å². The Morgan fingerprint density at radius 2 is 2.24 bits per heavy atom. The van der Waals surface area contributed by atoms with Crippen molar-refractivity contribution in [2.45, 2.75) is 24.9 Å². The van der Waals surface area contributed by atoms with E-state index < -0.39 is 4.92 Å². The van der Waals surface area contributed by atoms with Crippen LogP contribution in [0.5, 0.6) is 0 Å². The Balaban J connectivity index is 2.06. The maximum atomic E-state index is 10.8. The van der Waals surface area contributed by atoms with Crippen LogP contribution >= 0.6 is 15.9 Å². The first-order valence-electron chi connectivity index (χ1n) is 5.35. The second kappa shape index (κ2) is 4.72. The molecule has 0 spiro atoms. The average molecular weight is 301 g/mol. The highest BCUT2D eigenvalue weighted by atomic mass is 79.9. The number of benzene rings is 1. The van der Waals surface area contributed by atoms with Gasteiger partial charge in [0, 0.05) is 18.2 Å². The minimum atomic E-state index is -0.410. The Morgan fingerprint density at radius 3 is 2.76 bits per heavy atom. The Labute approximate surface area is 107 Å². The van der Waals surface area contributed by atoms with E-state index >= 15 is 0 Å². The molecule has 92 valence electrons. The lowest BCUT2D eigenvalue weighted by molar-refractivity contribution is -0.385. The standard InChI is InChI=1S/C11H13BrN2O3/c12-9-2-1-8(5-10(9)14(16)17)6-13-11(7-15)3-4-11/h1-2,5,13,15H,3-4,6-7H2. The van der Waals surface area contributed by atoms with E-state index in [2.05, 4.69) is 21.2 Å². The Morgan fingerprint density at radius 1 is 1.53 bits per heavy atom. The van der Waals surface area contributed by atoms with Crippen LogP contribution < -0.4 is 5.32 Å². The number of nitrogens with one attached hydrogen (secondary N) is 1. The molecule has 0 saturated heterocycles. The molecule has 1 aromatic carbocycles. The molecule has 0 aliphatic heterocycles. The van der Waals surface area contributed by atoms with Crippen molar-refractivity contribution in [2.24, 2.45) is 0 Å². The third-order valence-electron chi connectivity index (χ3n) is 3.03. The predicted molar refractivity (Wildman–Crippen MR) is 66.7 cm³/mol. The van der Waals surface area contributed by atoms with E-state index in [1.807, 2.05) is 6.07 Å². The largest absolute Gasteiger partial charge is 0.394 e. The zero-order valence-electron chi connectivity index (χ0n) is 9.15. The number of nitrogens with zero attached hydrogens (tertiary/aromatic N) is 1. The van der Waals surface area contributed by atoms with Crippen molar-refractivity contribution < 1.29 is 10.0 Å². The first-order chi connectivity index (χ1) is 8.06. The molecule has 1 aliphatic carbocycles. The van der Waals surface area contributed by atoms with E-state index in [1.54, 1.807) is 12.1 Å². The number of hydrogen-bond donors (Lipinski definition) is 2. The van der Waals surface area contributed by atoms with E-state index in [9.17, 15) is 10.1 Å². The van der Waals surface area contributed by atoms with Crippen molar-refractivity contribution >= 4 is 21.6 Å². The Hall–Kier alpha value is -0.980. The summed E-state index contributed by atoms with van der Waals surface area (Å²) < 4.78 is 0.481. The van der Waals surface area contributed by atoms with Gasteiger partial charge in [0.05, 0.1) is 16.0 Å². The lowest BCUT2D eigenvalue weighted by atomic mass is 10.2. The first-order valence-corrected chi connectivity index (χ1v) is 6.14. The van der Waals surface area contributed by atoms with Crippen LogP contribution in [0.2, 0.25) is 0 Å². The molecule has 0 amide bonds. The summed E-state index contributed by atoms with van der Waals surface area (Å²) >= 11 is 3.15. The highest BCUT2D eigenvalue weighted by Crippen LogP contribution is 2.35. The van der Waals surface area contributed by atoms with Gasteiger partial charge in [-0.1, -0.05) is 6.07 Å². The number of nitro benzene ring substituents is 1. The van der Waals surface area contributed by atoms with Gasteiger partial charge < -0.3 is 10.4 Å². The third-order valence-corrected chi connectivity index (χ3v) is 3.70. The van der Waals surface area contributed by atoms with Crippen molar-refractivity contribution in [3.05, 3.63) is 38.3 Å². The first kappa shape index (κ1) is 12.5. The van der Waals surface area contributed by atoms with Crippen LogP contribution in [-0.2, 0) is 6.54 Å². The monoisotopic (exact) mass is 300 g/mol. The quantitative estimate of drug-likeness (QED) is 0.644. The fraction of sp³-hybridized carbons (Fsp3) is 0.455. The molecule has 1 aromatic rings. The molecule has 0 radical (unpaired) electrons. The lowest BCUT2D eigenvalue weighted by Crippen LogP contribution is -2.34. The summed E-state index contributed by atoms with van der Waals surface area (Å²) in [5.41, 5.74) is 0.764. The summed E-state index contributed by atoms with van der Waals surface area (Å²) in [4.78, 5) is 10.3. The Kier molecular flexibility index (Phi) is 3.46. The number of halogens is 1. The van der Waals surface area contributed by atoms with Gasteiger partial charge >= 0.3 is 0 Å². The number of rotatable bonds is 5. The SMILES string of the molecule is O=[N+]([O-])c1cc(CNC2(CO)CC2)ccc1Br. The molecule has 0 heterocycles. The molecule has 17 heavy (non-hydrogen) atoms. The van der Waals surface area contributed by atoms with Crippen LogP contribution in [0.1, 0.15) is 18.4 Å². The van der Waals surface area contributed by atoms with Gasteiger partial charge in [-0.05, 0) is 40.4 Å². The van der Waals surface area contributed by atoms with Crippen LogP contribution in [0.3, 0.4) is 0 Å². The Bertz CT molecular complexity index is 446. The van der Waals surface area contributed by atoms with Crippen LogP contribution in [0.25, 0.3) is 0 Å². The second-order valence-corrected chi connectivity index (χ2v) is 5.19. The molecular formula is C11H13BrN2O3. The molecule has 1 saturated carbocycles. The minimum absolute atomic E-state index is 0.0677. The van der Waals surface area contributed by atoms with Gasteiger partial charge in [-0.15, -0.1) is 0 Å². The molecule has 0 aromatic heterocycles. The summed E-state index contributed by atoms with van der Waals surface area (Å²) in [7, 11) is 0. The maximum Gasteiger partial charge on any atom is 0.283 e. The van der Waals surface area contributed by atoms with Crippen molar-refractivity contribution in [1.29, 1.82) is 0 Å². The zero-order chi connectivity index (χ0) is 12.5.